The number of benzene rings is 3. The third-order valence-electron chi connectivity index (χ3n) is 5.64. The molecule has 176 valence electrons. The molecule has 0 bridgehead atoms. The number of sulfonamides is 1. The standard InChI is InChI=1S/C25H19FN4O4S/c1-34-17-9-7-16(8-10-17)30-14-29-21-13-28-23(25(31)24(21)30)19-11-6-15(12-20(19)26)18-4-2-3-5-22(18)35(27,32)33/h2-14,31H,1H3,(H2,27,32,33). The Morgan fingerprint density at radius 1 is 1.00 bits per heavy atom. The van der Waals surface area contributed by atoms with Crippen molar-refractivity contribution in [2.24, 2.45) is 5.14 Å². The minimum Gasteiger partial charge on any atom is -0.504 e. The summed E-state index contributed by atoms with van der Waals surface area (Å²) in [6.45, 7) is 0. The first-order valence-electron chi connectivity index (χ1n) is 10.4. The van der Waals surface area contributed by atoms with E-state index < -0.39 is 15.8 Å². The highest BCUT2D eigenvalue weighted by Crippen LogP contribution is 2.37. The van der Waals surface area contributed by atoms with Crippen LogP contribution >= 0.6 is 0 Å². The van der Waals surface area contributed by atoms with Crippen molar-refractivity contribution in [3.63, 3.8) is 0 Å². The van der Waals surface area contributed by atoms with Crippen LogP contribution in [0.5, 0.6) is 11.5 Å². The van der Waals surface area contributed by atoms with Crippen LogP contribution in [0.3, 0.4) is 0 Å². The predicted octanol–water partition coefficient (Wildman–Crippen LogP) is 4.26. The molecule has 0 saturated carbocycles. The van der Waals surface area contributed by atoms with Gasteiger partial charge in [-0.3, -0.25) is 4.57 Å². The molecule has 5 aromatic rings. The maximum atomic E-state index is 15.3. The molecule has 0 atom stereocenters. The molecular formula is C25H19FN4O4S. The Morgan fingerprint density at radius 3 is 2.43 bits per heavy atom. The average molecular weight is 491 g/mol. The number of aromatic nitrogens is 3. The molecule has 0 fully saturated rings. The first kappa shape index (κ1) is 22.5. The van der Waals surface area contributed by atoms with E-state index in [2.05, 4.69) is 9.97 Å². The van der Waals surface area contributed by atoms with Gasteiger partial charge in [0.1, 0.15) is 34.6 Å². The van der Waals surface area contributed by atoms with Crippen LogP contribution < -0.4 is 9.88 Å². The van der Waals surface area contributed by atoms with E-state index in [0.717, 1.165) is 5.69 Å². The minimum absolute atomic E-state index is 0.0246. The third-order valence-corrected chi connectivity index (χ3v) is 6.61. The topological polar surface area (TPSA) is 120 Å². The number of halogens is 1. The van der Waals surface area contributed by atoms with Gasteiger partial charge in [0.05, 0.1) is 18.2 Å². The number of hydrogen-bond donors (Lipinski definition) is 2. The second-order valence-electron chi connectivity index (χ2n) is 7.74. The predicted molar refractivity (Wildman–Crippen MR) is 129 cm³/mol. The Hall–Kier alpha value is -4.28. The maximum absolute atomic E-state index is 15.3. The SMILES string of the molecule is COc1ccc(-n2cnc3cnc(-c4ccc(-c5ccccc5S(N)(=O)=O)cc4F)c(O)c32)cc1. The lowest BCUT2D eigenvalue weighted by atomic mass is 10.0. The molecule has 0 amide bonds. The first-order chi connectivity index (χ1) is 16.8. The number of imidazole rings is 1. The summed E-state index contributed by atoms with van der Waals surface area (Å²) >= 11 is 0. The third kappa shape index (κ3) is 3.98. The van der Waals surface area contributed by atoms with Crippen LogP contribution in [0.2, 0.25) is 0 Å². The molecule has 35 heavy (non-hydrogen) atoms. The normalized spacial score (nSPS) is 11.6. The minimum atomic E-state index is -4.01. The van der Waals surface area contributed by atoms with E-state index in [1.54, 1.807) is 60.5 Å². The number of aromatic hydroxyl groups is 1. The van der Waals surface area contributed by atoms with Gasteiger partial charge >= 0.3 is 0 Å². The molecule has 5 rings (SSSR count). The van der Waals surface area contributed by atoms with Gasteiger partial charge in [-0.05, 0) is 48.0 Å². The highest BCUT2D eigenvalue weighted by Gasteiger charge is 2.20. The Labute approximate surface area is 200 Å². The number of primary sulfonamides is 1. The zero-order valence-corrected chi connectivity index (χ0v) is 19.2. The van der Waals surface area contributed by atoms with E-state index in [9.17, 15) is 13.5 Å². The summed E-state index contributed by atoms with van der Waals surface area (Å²) in [6, 6.07) is 17.4. The molecule has 2 aromatic heterocycles. The zero-order chi connectivity index (χ0) is 24.7. The molecule has 0 aliphatic rings. The van der Waals surface area contributed by atoms with Gasteiger partial charge in [0, 0.05) is 16.8 Å². The molecule has 10 heteroatoms. The van der Waals surface area contributed by atoms with Gasteiger partial charge in [0.15, 0.2) is 5.75 Å². The lowest BCUT2D eigenvalue weighted by Gasteiger charge is -2.12. The number of rotatable bonds is 5. The van der Waals surface area contributed by atoms with Crippen molar-refractivity contribution in [1.29, 1.82) is 0 Å². The van der Waals surface area contributed by atoms with Gasteiger partial charge in [-0.2, -0.15) is 0 Å². The maximum Gasteiger partial charge on any atom is 0.238 e. The number of ether oxygens (including phenoxy) is 1. The zero-order valence-electron chi connectivity index (χ0n) is 18.4. The van der Waals surface area contributed by atoms with Crippen LogP contribution in [-0.2, 0) is 10.0 Å². The molecule has 0 radical (unpaired) electrons. The smallest absolute Gasteiger partial charge is 0.238 e. The van der Waals surface area contributed by atoms with Crippen molar-refractivity contribution in [2.45, 2.75) is 4.90 Å². The quantitative estimate of drug-likeness (QED) is 0.380. The van der Waals surface area contributed by atoms with Gasteiger partial charge in [-0.1, -0.05) is 24.3 Å². The van der Waals surface area contributed by atoms with Crippen LogP contribution in [0.4, 0.5) is 4.39 Å². The van der Waals surface area contributed by atoms with Gasteiger partial charge in [0.25, 0.3) is 0 Å². The molecule has 0 spiro atoms. The fraction of sp³-hybridized carbons (Fsp3) is 0.0400. The van der Waals surface area contributed by atoms with Crippen LogP contribution in [-0.4, -0.2) is 35.2 Å². The average Bonchev–Trinajstić information content (AvgIpc) is 3.29. The molecule has 0 unspecified atom stereocenters. The van der Waals surface area contributed by atoms with Crippen molar-refractivity contribution in [1.82, 2.24) is 14.5 Å². The first-order valence-corrected chi connectivity index (χ1v) is 11.9. The highest BCUT2D eigenvalue weighted by atomic mass is 32.2. The largest absolute Gasteiger partial charge is 0.504 e. The van der Waals surface area contributed by atoms with E-state index in [-0.39, 0.29) is 27.5 Å². The van der Waals surface area contributed by atoms with Crippen molar-refractivity contribution in [2.75, 3.05) is 7.11 Å². The van der Waals surface area contributed by atoms with Crippen molar-refractivity contribution >= 4 is 21.1 Å². The van der Waals surface area contributed by atoms with E-state index in [1.807, 2.05) is 0 Å². The summed E-state index contributed by atoms with van der Waals surface area (Å²) in [6.07, 6.45) is 3.00. The summed E-state index contributed by atoms with van der Waals surface area (Å²) in [5, 5.41) is 16.4. The van der Waals surface area contributed by atoms with Gasteiger partial charge < -0.3 is 9.84 Å². The number of hydrogen-bond acceptors (Lipinski definition) is 6. The number of fused-ring (bicyclic) bond motifs is 1. The lowest BCUT2D eigenvalue weighted by Crippen LogP contribution is -2.13. The van der Waals surface area contributed by atoms with E-state index in [0.29, 0.717) is 22.3 Å². The van der Waals surface area contributed by atoms with Crippen LogP contribution in [0.1, 0.15) is 0 Å². The van der Waals surface area contributed by atoms with Crippen LogP contribution in [0.25, 0.3) is 39.1 Å². The highest BCUT2D eigenvalue weighted by molar-refractivity contribution is 7.89. The Kier molecular flexibility index (Phi) is 5.46. The monoisotopic (exact) mass is 490 g/mol. The fourth-order valence-electron chi connectivity index (χ4n) is 3.95. The van der Waals surface area contributed by atoms with Gasteiger partial charge in [0.2, 0.25) is 10.0 Å². The number of nitrogens with zero attached hydrogens (tertiary/aromatic N) is 3. The summed E-state index contributed by atoms with van der Waals surface area (Å²) < 4.78 is 46.1. The Bertz CT molecular complexity index is 1680. The summed E-state index contributed by atoms with van der Waals surface area (Å²) in [5.41, 5.74) is 2.17. The number of methoxy groups -OCH3 is 1. The second-order valence-corrected chi connectivity index (χ2v) is 9.27. The summed E-state index contributed by atoms with van der Waals surface area (Å²) in [7, 11) is -2.44. The molecule has 0 aliphatic heterocycles. The van der Waals surface area contributed by atoms with Crippen molar-refractivity contribution < 1.29 is 22.7 Å². The Morgan fingerprint density at radius 2 is 1.74 bits per heavy atom. The van der Waals surface area contributed by atoms with Crippen LogP contribution in [0, 0.1) is 5.82 Å². The van der Waals surface area contributed by atoms with Crippen LogP contribution in [0.15, 0.2) is 84.1 Å². The second kappa shape index (κ2) is 8.49. The van der Waals surface area contributed by atoms with Gasteiger partial charge in [-0.15, -0.1) is 0 Å². The Balaban J connectivity index is 1.62. The van der Waals surface area contributed by atoms with Crippen molar-refractivity contribution in [3.8, 4) is 39.6 Å². The summed E-state index contributed by atoms with van der Waals surface area (Å²) in [4.78, 5) is 8.41. The molecule has 3 aromatic carbocycles. The number of nitrogens with two attached hydrogens (primary N) is 1. The van der Waals surface area contributed by atoms with E-state index in [4.69, 9.17) is 9.88 Å². The molecule has 8 nitrogen and oxygen atoms in total. The number of pyridine rings is 1. The molecule has 0 saturated heterocycles. The molecule has 2 heterocycles. The van der Waals surface area contributed by atoms with Crippen molar-refractivity contribution in [3.05, 3.63) is 85.1 Å². The fourth-order valence-corrected chi connectivity index (χ4v) is 4.72. The van der Waals surface area contributed by atoms with E-state index >= 15 is 4.39 Å². The summed E-state index contributed by atoms with van der Waals surface area (Å²) in [5.74, 6) is -0.257. The molecule has 3 N–H and O–H groups in total. The molecule has 0 aliphatic carbocycles. The lowest BCUT2D eigenvalue weighted by molar-refractivity contribution is 0.415. The molecular weight excluding hydrogens is 471 g/mol. The van der Waals surface area contributed by atoms with Gasteiger partial charge in [-0.25, -0.2) is 27.9 Å². The van der Waals surface area contributed by atoms with E-state index in [1.165, 1.54) is 30.5 Å².